The number of hydrogen-bond acceptors (Lipinski definition) is 3. The lowest BCUT2D eigenvalue weighted by Crippen LogP contribution is -2.56. The van der Waals surface area contributed by atoms with Crippen molar-refractivity contribution in [2.24, 2.45) is 0 Å². The van der Waals surface area contributed by atoms with Gasteiger partial charge in [-0.1, -0.05) is 44.4 Å². The summed E-state index contributed by atoms with van der Waals surface area (Å²) in [6.07, 6.45) is 2.62. The maximum absolute atomic E-state index is 14.6. The zero-order valence-corrected chi connectivity index (χ0v) is 14.3. The molecule has 1 aliphatic carbocycles. The predicted molar refractivity (Wildman–Crippen MR) is 88.1 cm³/mol. The Kier molecular flexibility index (Phi) is 6.57. The summed E-state index contributed by atoms with van der Waals surface area (Å²) < 4.78 is 25.1. The first kappa shape index (κ1) is 18.7. The molecule has 0 radical (unpaired) electrons. The van der Waals surface area contributed by atoms with Crippen LogP contribution in [0.25, 0.3) is 0 Å². The van der Waals surface area contributed by atoms with Gasteiger partial charge in [-0.2, -0.15) is 0 Å². The fourth-order valence-corrected chi connectivity index (χ4v) is 3.72. The summed E-state index contributed by atoms with van der Waals surface area (Å²) in [7, 11) is 1.49. The van der Waals surface area contributed by atoms with Crippen molar-refractivity contribution in [3.05, 3.63) is 35.6 Å². The average Bonchev–Trinajstić information content (AvgIpc) is 2.59. The van der Waals surface area contributed by atoms with E-state index in [1.54, 1.807) is 18.2 Å². The molecule has 1 fully saturated rings. The molecule has 5 nitrogen and oxygen atoms in total. The van der Waals surface area contributed by atoms with Gasteiger partial charge in [0.15, 0.2) is 0 Å². The molecule has 0 aliphatic heterocycles. The van der Waals surface area contributed by atoms with Gasteiger partial charge in [-0.15, -0.1) is 0 Å². The number of halogens is 1. The third-order valence-corrected chi connectivity index (χ3v) is 4.74. The molecule has 1 saturated carbocycles. The van der Waals surface area contributed by atoms with Crippen molar-refractivity contribution in [1.29, 1.82) is 0 Å². The molecule has 134 valence electrons. The normalized spacial score (nSPS) is 18.1. The van der Waals surface area contributed by atoms with Crippen LogP contribution in [0.2, 0.25) is 0 Å². The van der Waals surface area contributed by atoms with Crippen LogP contribution in [0, 0.1) is 5.82 Å². The van der Waals surface area contributed by atoms with Crippen molar-refractivity contribution in [1.82, 2.24) is 4.90 Å². The van der Waals surface area contributed by atoms with Gasteiger partial charge in [0, 0.05) is 12.7 Å². The van der Waals surface area contributed by atoms with Gasteiger partial charge in [0.1, 0.15) is 18.8 Å². The SMILES string of the molecule is CC[C@H](OCOC)N(C(=O)O)C1(c2ccccc2F)CCCCC1. The standard InChI is InChI=1S/C18H26FNO4/c1-3-16(24-13-23-2)20(17(21)22)18(11-7-4-8-12-18)14-9-5-6-10-15(14)19/h5-6,9-10,16H,3-4,7-8,11-13H2,1-2H3,(H,21,22)/t16-/m0/s1. The van der Waals surface area contributed by atoms with Gasteiger partial charge in [0.25, 0.3) is 0 Å². The van der Waals surface area contributed by atoms with Crippen LogP contribution in [0.1, 0.15) is 51.0 Å². The molecule has 0 saturated heterocycles. The molecular weight excluding hydrogens is 313 g/mol. The second-order valence-corrected chi connectivity index (χ2v) is 6.16. The fourth-order valence-electron chi connectivity index (χ4n) is 3.72. The quantitative estimate of drug-likeness (QED) is 0.752. The van der Waals surface area contributed by atoms with E-state index in [9.17, 15) is 14.3 Å². The van der Waals surface area contributed by atoms with Gasteiger partial charge in [0.05, 0.1) is 5.54 Å². The van der Waals surface area contributed by atoms with Gasteiger partial charge in [-0.25, -0.2) is 9.18 Å². The van der Waals surface area contributed by atoms with E-state index in [1.165, 1.54) is 18.1 Å². The molecule has 24 heavy (non-hydrogen) atoms. The molecule has 0 heterocycles. The summed E-state index contributed by atoms with van der Waals surface area (Å²) >= 11 is 0. The molecule has 1 aliphatic rings. The number of carbonyl (C=O) groups is 1. The van der Waals surface area contributed by atoms with Crippen molar-refractivity contribution >= 4 is 6.09 Å². The lowest BCUT2D eigenvalue weighted by molar-refractivity contribution is -0.155. The summed E-state index contributed by atoms with van der Waals surface area (Å²) in [6.45, 7) is 1.85. The number of rotatable bonds is 7. The van der Waals surface area contributed by atoms with E-state index < -0.39 is 17.9 Å². The number of hydrogen-bond donors (Lipinski definition) is 1. The highest BCUT2D eigenvalue weighted by Crippen LogP contribution is 2.45. The minimum Gasteiger partial charge on any atom is -0.465 e. The predicted octanol–water partition coefficient (Wildman–Crippen LogP) is 4.32. The van der Waals surface area contributed by atoms with E-state index in [-0.39, 0.29) is 12.6 Å². The van der Waals surface area contributed by atoms with E-state index in [0.717, 1.165) is 19.3 Å². The first-order valence-electron chi connectivity index (χ1n) is 8.44. The van der Waals surface area contributed by atoms with Crippen molar-refractivity contribution in [2.45, 2.75) is 57.2 Å². The van der Waals surface area contributed by atoms with Crippen LogP contribution < -0.4 is 0 Å². The second kappa shape index (κ2) is 8.44. The monoisotopic (exact) mass is 339 g/mol. The lowest BCUT2D eigenvalue weighted by atomic mass is 9.75. The molecule has 0 aromatic heterocycles. The van der Waals surface area contributed by atoms with Gasteiger partial charge in [-0.05, 0) is 25.3 Å². The Morgan fingerprint density at radius 3 is 2.54 bits per heavy atom. The van der Waals surface area contributed by atoms with Crippen LogP contribution in [-0.4, -0.2) is 36.2 Å². The molecule has 1 atom stereocenters. The Balaban J connectivity index is 2.50. The smallest absolute Gasteiger partial charge is 0.410 e. The van der Waals surface area contributed by atoms with Crippen LogP contribution in [0.4, 0.5) is 9.18 Å². The van der Waals surface area contributed by atoms with Gasteiger partial charge in [-0.3, -0.25) is 4.90 Å². The maximum Gasteiger partial charge on any atom is 0.410 e. The van der Waals surface area contributed by atoms with Crippen LogP contribution in [-0.2, 0) is 15.0 Å². The molecule has 1 amide bonds. The Hall–Kier alpha value is -1.66. The number of carboxylic acid groups (broad SMARTS) is 1. The highest BCUT2D eigenvalue weighted by atomic mass is 19.1. The zero-order chi connectivity index (χ0) is 17.6. The first-order chi connectivity index (χ1) is 11.6. The van der Waals surface area contributed by atoms with Crippen LogP contribution >= 0.6 is 0 Å². The molecule has 0 spiro atoms. The van der Waals surface area contributed by atoms with Crippen LogP contribution in [0.3, 0.4) is 0 Å². The van der Waals surface area contributed by atoms with E-state index in [4.69, 9.17) is 9.47 Å². The Labute approximate surface area is 142 Å². The largest absolute Gasteiger partial charge is 0.465 e. The Bertz CT molecular complexity index is 546. The molecule has 0 unspecified atom stereocenters. The Morgan fingerprint density at radius 2 is 2.00 bits per heavy atom. The molecule has 0 bridgehead atoms. The summed E-state index contributed by atoms with van der Waals surface area (Å²) in [6, 6.07) is 6.47. The number of methoxy groups -OCH3 is 1. The molecular formula is C18H26FNO4. The van der Waals surface area contributed by atoms with Crippen molar-refractivity contribution < 1.29 is 23.8 Å². The maximum atomic E-state index is 14.6. The second-order valence-electron chi connectivity index (χ2n) is 6.16. The highest BCUT2D eigenvalue weighted by molar-refractivity contribution is 5.67. The van der Waals surface area contributed by atoms with Gasteiger partial charge >= 0.3 is 6.09 Å². The van der Waals surface area contributed by atoms with Crippen molar-refractivity contribution in [3.63, 3.8) is 0 Å². The van der Waals surface area contributed by atoms with Gasteiger partial charge in [0.2, 0.25) is 0 Å². The van der Waals surface area contributed by atoms with Crippen molar-refractivity contribution in [3.8, 4) is 0 Å². The Morgan fingerprint density at radius 1 is 1.33 bits per heavy atom. The average molecular weight is 339 g/mol. The van der Waals surface area contributed by atoms with E-state index in [2.05, 4.69) is 0 Å². The number of benzene rings is 1. The molecule has 2 rings (SSSR count). The van der Waals surface area contributed by atoms with Crippen molar-refractivity contribution in [2.75, 3.05) is 13.9 Å². The fraction of sp³-hybridized carbons (Fsp3) is 0.611. The molecule has 1 aromatic carbocycles. The van der Waals surface area contributed by atoms with Crippen LogP contribution in [0.15, 0.2) is 24.3 Å². The minimum absolute atomic E-state index is 0.00433. The summed E-state index contributed by atoms with van der Waals surface area (Å²) in [5.41, 5.74) is -0.462. The van der Waals surface area contributed by atoms with E-state index in [1.807, 2.05) is 6.92 Å². The number of ether oxygens (including phenoxy) is 2. The third-order valence-electron chi connectivity index (χ3n) is 4.74. The number of nitrogens with zero attached hydrogens (tertiary/aromatic N) is 1. The highest BCUT2D eigenvalue weighted by Gasteiger charge is 2.47. The molecule has 6 heteroatoms. The minimum atomic E-state index is -1.09. The van der Waals surface area contributed by atoms with Crippen LogP contribution in [0.5, 0.6) is 0 Å². The summed E-state index contributed by atoms with van der Waals surface area (Å²) in [4.78, 5) is 13.4. The first-order valence-corrected chi connectivity index (χ1v) is 8.44. The molecule has 1 aromatic rings. The molecule has 1 N–H and O–H groups in total. The van der Waals surface area contributed by atoms with E-state index >= 15 is 0 Å². The third kappa shape index (κ3) is 3.70. The topological polar surface area (TPSA) is 59.0 Å². The lowest BCUT2D eigenvalue weighted by Gasteiger charge is -2.48. The number of amides is 1. The van der Waals surface area contributed by atoms with Gasteiger partial charge < -0.3 is 14.6 Å². The zero-order valence-electron chi connectivity index (χ0n) is 14.3. The summed E-state index contributed by atoms with van der Waals surface area (Å²) in [5.74, 6) is -0.368. The van der Waals surface area contributed by atoms with E-state index in [0.29, 0.717) is 24.8 Å². The summed E-state index contributed by atoms with van der Waals surface area (Å²) in [5, 5.41) is 9.93.